The SMILES string of the molecule is Cc1cc(CC(=O)N2CCc3c(n(Cc4cccc(C(F)F)c4)c4ncccc34)C2)ccc1C(=O)O. The molecule has 0 radical (unpaired) electrons. The smallest absolute Gasteiger partial charge is 0.335 e. The lowest BCUT2D eigenvalue weighted by Gasteiger charge is -2.29. The van der Waals surface area contributed by atoms with Gasteiger partial charge in [-0.3, -0.25) is 4.79 Å². The number of alkyl halides is 2. The molecule has 0 saturated heterocycles. The molecule has 1 aliphatic rings. The molecule has 5 rings (SSSR count). The molecule has 4 aromatic rings. The summed E-state index contributed by atoms with van der Waals surface area (Å²) in [7, 11) is 0. The summed E-state index contributed by atoms with van der Waals surface area (Å²) in [5.41, 5.74) is 5.20. The van der Waals surface area contributed by atoms with Crippen molar-refractivity contribution in [3.8, 4) is 0 Å². The van der Waals surface area contributed by atoms with E-state index in [0.29, 0.717) is 31.6 Å². The fourth-order valence-corrected chi connectivity index (χ4v) is 5.02. The van der Waals surface area contributed by atoms with Crippen molar-refractivity contribution in [3.05, 3.63) is 99.9 Å². The van der Waals surface area contributed by atoms with Gasteiger partial charge in [0.2, 0.25) is 5.91 Å². The second kappa shape index (κ2) is 9.53. The number of nitrogens with zero attached hydrogens (tertiary/aromatic N) is 3. The van der Waals surface area contributed by atoms with Crippen molar-refractivity contribution in [2.75, 3.05) is 6.54 Å². The van der Waals surface area contributed by atoms with Crippen LogP contribution in [-0.2, 0) is 30.7 Å². The van der Waals surface area contributed by atoms with Gasteiger partial charge < -0.3 is 14.6 Å². The monoisotopic (exact) mass is 489 g/mol. The molecule has 0 atom stereocenters. The lowest BCUT2D eigenvalue weighted by atomic mass is 10.0. The van der Waals surface area contributed by atoms with E-state index >= 15 is 0 Å². The Kier molecular flexibility index (Phi) is 6.26. The van der Waals surface area contributed by atoms with Crippen LogP contribution in [0.2, 0.25) is 0 Å². The van der Waals surface area contributed by atoms with Gasteiger partial charge in [0.05, 0.1) is 18.5 Å². The van der Waals surface area contributed by atoms with Crippen molar-refractivity contribution in [1.29, 1.82) is 0 Å². The summed E-state index contributed by atoms with van der Waals surface area (Å²) in [6.45, 7) is 3.05. The molecule has 1 N–H and O–H groups in total. The Bertz CT molecular complexity index is 1480. The fraction of sp³-hybridized carbons (Fsp3) is 0.250. The van der Waals surface area contributed by atoms with Crippen molar-refractivity contribution in [1.82, 2.24) is 14.5 Å². The first-order chi connectivity index (χ1) is 17.3. The van der Waals surface area contributed by atoms with Crippen LogP contribution in [0.1, 0.15) is 50.3 Å². The summed E-state index contributed by atoms with van der Waals surface area (Å²) in [6.07, 6.45) is 0.0148. The van der Waals surface area contributed by atoms with Crippen LogP contribution in [0.15, 0.2) is 60.8 Å². The van der Waals surface area contributed by atoms with Crippen LogP contribution in [0.5, 0.6) is 0 Å². The summed E-state index contributed by atoms with van der Waals surface area (Å²) in [4.78, 5) is 30.9. The molecule has 0 fully saturated rings. The number of hydrogen-bond donors (Lipinski definition) is 1. The van der Waals surface area contributed by atoms with Crippen LogP contribution >= 0.6 is 0 Å². The van der Waals surface area contributed by atoms with E-state index in [-0.39, 0.29) is 23.5 Å². The largest absolute Gasteiger partial charge is 0.478 e. The van der Waals surface area contributed by atoms with E-state index in [9.17, 15) is 23.5 Å². The highest BCUT2D eigenvalue weighted by molar-refractivity contribution is 5.89. The van der Waals surface area contributed by atoms with E-state index in [2.05, 4.69) is 4.98 Å². The zero-order valence-corrected chi connectivity index (χ0v) is 19.7. The third-order valence-electron chi connectivity index (χ3n) is 6.79. The number of pyridine rings is 1. The molecule has 36 heavy (non-hydrogen) atoms. The maximum absolute atomic E-state index is 13.3. The first-order valence-electron chi connectivity index (χ1n) is 11.7. The van der Waals surface area contributed by atoms with E-state index in [1.807, 2.05) is 22.8 Å². The van der Waals surface area contributed by atoms with Crippen molar-refractivity contribution < 1.29 is 23.5 Å². The van der Waals surface area contributed by atoms with Gasteiger partial charge in [-0.2, -0.15) is 0 Å². The van der Waals surface area contributed by atoms with E-state index in [1.54, 1.807) is 36.2 Å². The lowest BCUT2D eigenvalue weighted by Crippen LogP contribution is -2.37. The Morgan fingerprint density at radius 3 is 2.67 bits per heavy atom. The van der Waals surface area contributed by atoms with Gasteiger partial charge in [-0.25, -0.2) is 18.6 Å². The Morgan fingerprint density at radius 1 is 1.08 bits per heavy atom. The van der Waals surface area contributed by atoms with E-state index in [4.69, 9.17) is 0 Å². The molecule has 2 aromatic heterocycles. The Labute approximate surface area is 206 Å². The van der Waals surface area contributed by atoms with E-state index in [1.165, 1.54) is 18.2 Å². The zero-order valence-electron chi connectivity index (χ0n) is 19.7. The first kappa shape index (κ1) is 23.7. The summed E-state index contributed by atoms with van der Waals surface area (Å²) < 4.78 is 28.6. The number of halogens is 2. The number of benzene rings is 2. The van der Waals surface area contributed by atoms with Crippen LogP contribution in [0, 0.1) is 6.92 Å². The standard InChI is InChI=1S/C28H25F2N3O3/c1-17-12-18(7-8-21(17)28(35)36)14-25(34)32-11-9-22-23-6-3-10-31-27(23)33(24(22)16-32)15-19-4-2-5-20(13-19)26(29)30/h2-8,10,12-13,26H,9,11,14-16H2,1H3,(H,35,36). The van der Waals surface area contributed by atoms with Crippen LogP contribution in [0.3, 0.4) is 0 Å². The van der Waals surface area contributed by atoms with Gasteiger partial charge in [-0.1, -0.05) is 30.3 Å². The predicted octanol–water partition coefficient (Wildman–Crippen LogP) is 5.16. The quantitative estimate of drug-likeness (QED) is 0.406. The molecule has 3 heterocycles. The van der Waals surface area contributed by atoms with Crippen LogP contribution in [0.4, 0.5) is 8.78 Å². The maximum atomic E-state index is 13.3. The zero-order chi connectivity index (χ0) is 25.4. The number of carbonyl (C=O) groups is 2. The number of fused-ring (bicyclic) bond motifs is 3. The predicted molar refractivity (Wildman–Crippen MR) is 131 cm³/mol. The molecular formula is C28H25F2N3O3. The average Bonchev–Trinajstić information content (AvgIpc) is 3.17. The number of aryl methyl sites for hydroxylation is 1. The second-order valence-corrected chi connectivity index (χ2v) is 9.13. The lowest BCUT2D eigenvalue weighted by molar-refractivity contribution is -0.131. The number of carbonyl (C=O) groups excluding carboxylic acids is 1. The molecule has 6 nitrogen and oxygen atoms in total. The van der Waals surface area contributed by atoms with Crippen molar-refractivity contribution in [2.45, 2.75) is 39.3 Å². The molecule has 1 aliphatic heterocycles. The van der Waals surface area contributed by atoms with Gasteiger partial charge in [-0.05, 0) is 59.9 Å². The molecule has 0 aliphatic carbocycles. The molecule has 0 spiro atoms. The number of rotatable bonds is 6. The third kappa shape index (κ3) is 4.46. The molecule has 0 unspecified atom stereocenters. The Hall–Kier alpha value is -4.07. The van der Waals surface area contributed by atoms with E-state index in [0.717, 1.165) is 33.4 Å². The van der Waals surface area contributed by atoms with Gasteiger partial charge in [0.15, 0.2) is 0 Å². The minimum atomic E-state index is -2.54. The highest BCUT2D eigenvalue weighted by atomic mass is 19.3. The average molecular weight is 490 g/mol. The van der Waals surface area contributed by atoms with Gasteiger partial charge in [0.25, 0.3) is 6.43 Å². The van der Waals surface area contributed by atoms with Gasteiger partial charge >= 0.3 is 5.97 Å². The van der Waals surface area contributed by atoms with Crippen LogP contribution < -0.4 is 0 Å². The van der Waals surface area contributed by atoms with Crippen molar-refractivity contribution in [3.63, 3.8) is 0 Å². The van der Waals surface area contributed by atoms with Gasteiger partial charge in [0.1, 0.15) is 5.65 Å². The Balaban J connectivity index is 1.43. The van der Waals surface area contributed by atoms with Crippen LogP contribution in [0.25, 0.3) is 11.0 Å². The summed E-state index contributed by atoms with van der Waals surface area (Å²) >= 11 is 0. The van der Waals surface area contributed by atoms with Crippen molar-refractivity contribution in [2.24, 2.45) is 0 Å². The number of amides is 1. The fourth-order valence-electron chi connectivity index (χ4n) is 5.02. The minimum Gasteiger partial charge on any atom is -0.478 e. The van der Waals surface area contributed by atoms with Crippen molar-refractivity contribution >= 4 is 22.9 Å². The van der Waals surface area contributed by atoms with Gasteiger partial charge in [-0.15, -0.1) is 0 Å². The molecule has 0 saturated carbocycles. The second-order valence-electron chi connectivity index (χ2n) is 9.13. The molecule has 184 valence electrons. The summed E-state index contributed by atoms with van der Waals surface area (Å²) in [5, 5.41) is 10.3. The summed E-state index contributed by atoms with van der Waals surface area (Å²) in [5.74, 6) is -1.04. The number of hydrogen-bond acceptors (Lipinski definition) is 3. The topological polar surface area (TPSA) is 75.4 Å². The highest BCUT2D eigenvalue weighted by Crippen LogP contribution is 2.31. The first-order valence-corrected chi connectivity index (χ1v) is 11.7. The van der Waals surface area contributed by atoms with Crippen LogP contribution in [-0.4, -0.2) is 38.0 Å². The number of aromatic nitrogens is 2. The Morgan fingerprint density at radius 2 is 1.92 bits per heavy atom. The molecule has 2 aromatic carbocycles. The molecule has 8 heteroatoms. The minimum absolute atomic E-state index is 0.0215. The van der Waals surface area contributed by atoms with E-state index < -0.39 is 12.4 Å². The molecule has 1 amide bonds. The van der Waals surface area contributed by atoms with Gasteiger partial charge in [0, 0.05) is 35.9 Å². The normalized spacial score (nSPS) is 13.3. The highest BCUT2D eigenvalue weighted by Gasteiger charge is 2.27. The molecular weight excluding hydrogens is 464 g/mol. The number of aromatic carboxylic acids is 1. The number of carboxylic acids is 1. The maximum Gasteiger partial charge on any atom is 0.335 e. The third-order valence-corrected chi connectivity index (χ3v) is 6.79. The molecule has 0 bridgehead atoms. The summed E-state index contributed by atoms with van der Waals surface area (Å²) in [6, 6.07) is 15.2. The number of carboxylic acid groups (broad SMARTS) is 1.